The summed E-state index contributed by atoms with van der Waals surface area (Å²) < 4.78 is 6.90. The van der Waals surface area contributed by atoms with E-state index in [0.717, 1.165) is 21.5 Å². The highest BCUT2D eigenvalue weighted by molar-refractivity contribution is 9.10. The molecule has 1 aromatic heterocycles. The predicted molar refractivity (Wildman–Crippen MR) is 102 cm³/mol. The van der Waals surface area contributed by atoms with Crippen molar-refractivity contribution in [3.63, 3.8) is 0 Å². The largest absolute Gasteiger partial charge is 0.452 e. The molecule has 7 heteroatoms. The molecule has 24 heavy (non-hydrogen) atoms. The summed E-state index contributed by atoms with van der Waals surface area (Å²) in [5, 5.41) is 12.7. The van der Waals surface area contributed by atoms with Crippen LogP contribution in [0.1, 0.15) is 39.5 Å². The Labute approximate surface area is 155 Å². The van der Waals surface area contributed by atoms with Crippen LogP contribution in [0, 0.1) is 0 Å². The monoisotopic (exact) mass is 408 g/mol. The van der Waals surface area contributed by atoms with E-state index in [0.29, 0.717) is 16.7 Å². The lowest BCUT2D eigenvalue weighted by molar-refractivity contribution is 0.240. The first-order chi connectivity index (χ1) is 11.7. The van der Waals surface area contributed by atoms with Crippen LogP contribution in [0.5, 0.6) is 5.88 Å². The summed E-state index contributed by atoms with van der Waals surface area (Å²) in [4.78, 5) is 4.58. The van der Waals surface area contributed by atoms with Gasteiger partial charge >= 0.3 is 0 Å². The van der Waals surface area contributed by atoms with Gasteiger partial charge in [-0.1, -0.05) is 53.9 Å². The van der Waals surface area contributed by atoms with Crippen molar-refractivity contribution in [2.45, 2.75) is 50.9 Å². The molecule has 0 saturated heterocycles. The number of nitrogens with zero attached hydrogens (tertiary/aromatic N) is 3. The minimum absolute atomic E-state index is 0.176. The van der Waals surface area contributed by atoms with Gasteiger partial charge in [-0.3, -0.25) is 0 Å². The highest BCUT2D eigenvalue weighted by atomic mass is 79.9. The Kier molecular flexibility index (Phi) is 5.94. The summed E-state index contributed by atoms with van der Waals surface area (Å²) in [6, 6.07) is 6.01. The first kappa shape index (κ1) is 17.5. The zero-order valence-corrected chi connectivity index (χ0v) is 16.3. The van der Waals surface area contributed by atoms with Crippen molar-refractivity contribution in [3.8, 4) is 17.1 Å². The maximum atomic E-state index is 5.91. The number of ether oxygens (including phenoxy) is 1. The minimum Gasteiger partial charge on any atom is -0.452 e. The van der Waals surface area contributed by atoms with Crippen LogP contribution in [0.2, 0.25) is 0 Å². The van der Waals surface area contributed by atoms with Gasteiger partial charge in [0.15, 0.2) is 11.9 Å². The van der Waals surface area contributed by atoms with E-state index in [9.17, 15) is 0 Å². The van der Waals surface area contributed by atoms with Gasteiger partial charge in [0.05, 0.1) is 0 Å². The van der Waals surface area contributed by atoms with E-state index >= 15 is 0 Å². The van der Waals surface area contributed by atoms with Crippen molar-refractivity contribution in [1.29, 1.82) is 0 Å². The molecule has 0 fully saturated rings. The number of thioether (sulfide) groups is 1. The Morgan fingerprint density at radius 3 is 2.96 bits per heavy atom. The van der Waals surface area contributed by atoms with Gasteiger partial charge in [-0.25, -0.2) is 0 Å². The number of rotatable bonds is 6. The fourth-order valence-corrected chi connectivity index (χ4v) is 3.69. The van der Waals surface area contributed by atoms with E-state index in [1.165, 1.54) is 25.7 Å². The number of halogens is 1. The molecule has 128 valence electrons. The summed E-state index contributed by atoms with van der Waals surface area (Å²) in [5.41, 5.74) is 2.60. The van der Waals surface area contributed by atoms with Gasteiger partial charge in [0.2, 0.25) is 11.0 Å². The predicted octanol–water partition coefficient (Wildman–Crippen LogP) is 5.12. The normalized spacial score (nSPS) is 15.7. The van der Waals surface area contributed by atoms with Crippen LogP contribution in [-0.4, -0.2) is 27.2 Å². The summed E-state index contributed by atoms with van der Waals surface area (Å²) in [6.45, 7) is 4.18. The molecule has 0 amide bonds. The molecular weight excluding hydrogens is 388 g/mol. The van der Waals surface area contributed by atoms with E-state index in [1.54, 1.807) is 11.8 Å². The fraction of sp³-hybridized carbons (Fsp3) is 0.471. The van der Waals surface area contributed by atoms with E-state index in [4.69, 9.17) is 4.74 Å². The van der Waals surface area contributed by atoms with Crippen LogP contribution in [0.15, 0.2) is 27.8 Å². The Bertz CT molecular complexity index is 713. The number of fused-ring (bicyclic) bond motifs is 3. The summed E-state index contributed by atoms with van der Waals surface area (Å²) in [7, 11) is 0. The zero-order chi connectivity index (χ0) is 16.9. The van der Waals surface area contributed by atoms with E-state index in [1.807, 2.05) is 25.1 Å². The average Bonchev–Trinajstić information content (AvgIpc) is 2.69. The highest BCUT2D eigenvalue weighted by Crippen LogP contribution is 2.37. The topological polar surface area (TPSA) is 59.9 Å². The van der Waals surface area contributed by atoms with Crippen LogP contribution in [-0.2, 0) is 0 Å². The van der Waals surface area contributed by atoms with Gasteiger partial charge in [0, 0.05) is 21.5 Å². The second kappa shape index (κ2) is 8.16. The number of benzene rings is 1. The van der Waals surface area contributed by atoms with Gasteiger partial charge in [-0.2, -0.15) is 4.98 Å². The fourth-order valence-electron chi connectivity index (χ4n) is 2.56. The lowest BCUT2D eigenvalue weighted by Crippen LogP contribution is -2.21. The maximum absolute atomic E-state index is 5.91. The molecule has 5 nitrogen and oxygen atoms in total. The molecule has 1 N–H and O–H groups in total. The number of hydrogen-bond donors (Lipinski definition) is 1. The highest BCUT2D eigenvalue weighted by Gasteiger charge is 2.23. The van der Waals surface area contributed by atoms with Crippen molar-refractivity contribution in [3.05, 3.63) is 22.7 Å². The smallest absolute Gasteiger partial charge is 0.247 e. The summed E-state index contributed by atoms with van der Waals surface area (Å²) >= 11 is 5.15. The minimum atomic E-state index is -0.176. The molecular formula is C17H21BrN4OS. The Morgan fingerprint density at radius 2 is 2.12 bits per heavy atom. The first-order valence-electron chi connectivity index (χ1n) is 8.28. The molecule has 0 radical (unpaired) electrons. The molecule has 0 saturated carbocycles. The molecule has 0 unspecified atom stereocenters. The van der Waals surface area contributed by atoms with Crippen LogP contribution in [0.25, 0.3) is 11.3 Å². The van der Waals surface area contributed by atoms with Crippen LogP contribution in [0.3, 0.4) is 0 Å². The molecule has 0 aliphatic carbocycles. The van der Waals surface area contributed by atoms with E-state index in [2.05, 4.69) is 43.4 Å². The summed E-state index contributed by atoms with van der Waals surface area (Å²) in [6.07, 6.45) is 4.77. The number of anilines is 1. The number of nitrogens with one attached hydrogen (secondary N) is 1. The molecule has 0 spiro atoms. The lowest BCUT2D eigenvalue weighted by atomic mass is 10.1. The van der Waals surface area contributed by atoms with Gasteiger partial charge in [0.25, 0.3) is 0 Å². The molecule has 2 aromatic rings. The maximum Gasteiger partial charge on any atom is 0.247 e. The first-order valence-corrected chi connectivity index (χ1v) is 10.1. The number of unbranched alkanes of at least 4 members (excludes halogenated alkanes) is 3. The van der Waals surface area contributed by atoms with Crippen molar-refractivity contribution < 1.29 is 4.74 Å². The van der Waals surface area contributed by atoms with E-state index < -0.39 is 0 Å². The summed E-state index contributed by atoms with van der Waals surface area (Å²) in [5.74, 6) is 1.55. The van der Waals surface area contributed by atoms with Gasteiger partial charge in [-0.05, 0) is 31.5 Å². The van der Waals surface area contributed by atoms with Crippen molar-refractivity contribution >= 4 is 33.4 Å². The molecule has 1 aliphatic rings. The lowest BCUT2D eigenvalue weighted by Gasteiger charge is -2.13. The zero-order valence-electron chi connectivity index (χ0n) is 13.9. The second-order valence-corrected chi connectivity index (χ2v) is 7.73. The third-order valence-corrected chi connectivity index (χ3v) is 5.17. The Morgan fingerprint density at radius 1 is 1.25 bits per heavy atom. The van der Waals surface area contributed by atoms with Crippen LogP contribution < -0.4 is 10.1 Å². The number of aromatic nitrogens is 3. The molecule has 0 bridgehead atoms. The van der Waals surface area contributed by atoms with Gasteiger partial charge in [-0.15, -0.1) is 10.2 Å². The standard InChI is InChI=1S/C17H21BrN4OS/c1-3-4-5-6-9-24-17-20-16-15(21-22-17)13-10-12(18)7-8-14(13)19-11(2)23-16/h7-8,10-11,19H,3-6,9H2,1-2H3/t11-/m1/s1. The third-order valence-electron chi connectivity index (χ3n) is 3.75. The number of hydrogen-bond acceptors (Lipinski definition) is 6. The molecule has 2 heterocycles. The van der Waals surface area contributed by atoms with Crippen LogP contribution >= 0.6 is 27.7 Å². The van der Waals surface area contributed by atoms with Crippen molar-refractivity contribution in [2.24, 2.45) is 0 Å². The molecule has 3 rings (SSSR count). The van der Waals surface area contributed by atoms with Gasteiger partial charge in [0.1, 0.15) is 0 Å². The Hall–Kier alpha value is -1.34. The molecule has 1 aliphatic heterocycles. The molecule has 1 atom stereocenters. The third kappa shape index (κ3) is 4.19. The average molecular weight is 409 g/mol. The van der Waals surface area contributed by atoms with Crippen molar-refractivity contribution in [1.82, 2.24) is 15.2 Å². The SMILES string of the molecule is CCCCCCSc1nnc2c(n1)O[C@H](C)Nc1ccc(Br)cc1-2. The van der Waals surface area contributed by atoms with Crippen molar-refractivity contribution in [2.75, 3.05) is 11.1 Å². The van der Waals surface area contributed by atoms with Gasteiger partial charge < -0.3 is 10.1 Å². The van der Waals surface area contributed by atoms with Crippen LogP contribution in [0.4, 0.5) is 5.69 Å². The molecule has 1 aromatic carbocycles. The Balaban J connectivity index is 1.81. The second-order valence-electron chi connectivity index (χ2n) is 5.75. The van der Waals surface area contributed by atoms with E-state index in [-0.39, 0.29) is 6.23 Å². The quantitative estimate of drug-likeness (QED) is 0.528.